The van der Waals surface area contributed by atoms with Crippen molar-refractivity contribution in [1.82, 2.24) is 19.9 Å². The third-order valence-electron chi connectivity index (χ3n) is 4.71. The van der Waals surface area contributed by atoms with E-state index in [9.17, 15) is 4.79 Å². The van der Waals surface area contributed by atoms with Gasteiger partial charge >= 0.3 is 6.01 Å². The number of ether oxygens (including phenoxy) is 2. The Morgan fingerprint density at radius 1 is 1.00 bits per heavy atom. The molecule has 2 saturated heterocycles. The summed E-state index contributed by atoms with van der Waals surface area (Å²) in [6.45, 7) is 1.26. The number of amides is 1. The highest BCUT2D eigenvalue weighted by Gasteiger charge is 2.28. The van der Waals surface area contributed by atoms with E-state index in [-0.39, 0.29) is 18.1 Å². The SMILES string of the molecule is O=C(c1cccnc1OC1CCSC1)N1CCC(Oc2ncccn2)CC1. The highest BCUT2D eigenvalue weighted by Crippen LogP contribution is 2.26. The number of hydrogen-bond acceptors (Lipinski definition) is 7. The van der Waals surface area contributed by atoms with Gasteiger partial charge in [0.25, 0.3) is 5.91 Å². The Hall–Kier alpha value is -2.35. The highest BCUT2D eigenvalue weighted by molar-refractivity contribution is 7.99. The minimum Gasteiger partial charge on any atom is -0.473 e. The van der Waals surface area contributed by atoms with Crippen LogP contribution >= 0.6 is 11.8 Å². The molecule has 27 heavy (non-hydrogen) atoms. The van der Waals surface area contributed by atoms with Crippen LogP contribution in [0.3, 0.4) is 0 Å². The monoisotopic (exact) mass is 386 g/mol. The lowest BCUT2D eigenvalue weighted by molar-refractivity contribution is 0.0572. The summed E-state index contributed by atoms with van der Waals surface area (Å²) in [7, 11) is 0. The van der Waals surface area contributed by atoms with Gasteiger partial charge in [-0.05, 0) is 30.4 Å². The van der Waals surface area contributed by atoms with E-state index in [4.69, 9.17) is 9.47 Å². The second-order valence-electron chi connectivity index (χ2n) is 6.60. The van der Waals surface area contributed by atoms with Crippen molar-refractivity contribution >= 4 is 17.7 Å². The average Bonchev–Trinajstić information content (AvgIpc) is 3.22. The Morgan fingerprint density at radius 3 is 2.52 bits per heavy atom. The average molecular weight is 386 g/mol. The predicted molar refractivity (Wildman–Crippen MR) is 102 cm³/mol. The van der Waals surface area contributed by atoms with Crippen molar-refractivity contribution in [3.8, 4) is 11.9 Å². The second kappa shape index (κ2) is 8.56. The third-order valence-corrected chi connectivity index (χ3v) is 5.84. The lowest BCUT2D eigenvalue weighted by Crippen LogP contribution is -2.42. The van der Waals surface area contributed by atoms with Gasteiger partial charge in [-0.15, -0.1) is 0 Å². The van der Waals surface area contributed by atoms with Crippen molar-refractivity contribution < 1.29 is 14.3 Å². The van der Waals surface area contributed by atoms with Gasteiger partial charge in [0.05, 0.1) is 0 Å². The Bertz CT molecular complexity index is 763. The molecule has 4 heterocycles. The first kappa shape index (κ1) is 18.0. The van der Waals surface area contributed by atoms with Crippen LogP contribution < -0.4 is 9.47 Å². The van der Waals surface area contributed by atoms with E-state index in [0.717, 1.165) is 30.8 Å². The van der Waals surface area contributed by atoms with Gasteiger partial charge in [-0.3, -0.25) is 4.79 Å². The molecule has 1 unspecified atom stereocenters. The minimum absolute atomic E-state index is 0.0246. The molecule has 4 rings (SSSR count). The number of thioether (sulfide) groups is 1. The zero-order chi connectivity index (χ0) is 18.5. The molecule has 2 aromatic rings. The van der Waals surface area contributed by atoms with E-state index in [1.165, 1.54) is 0 Å². The lowest BCUT2D eigenvalue weighted by Gasteiger charge is -2.32. The van der Waals surface area contributed by atoms with Gasteiger partial charge in [-0.2, -0.15) is 11.8 Å². The van der Waals surface area contributed by atoms with Crippen LogP contribution in [0.5, 0.6) is 11.9 Å². The first-order valence-corrected chi connectivity index (χ1v) is 10.4. The molecule has 7 nitrogen and oxygen atoms in total. The number of aromatic nitrogens is 3. The molecule has 0 bridgehead atoms. The molecule has 0 aliphatic carbocycles. The van der Waals surface area contributed by atoms with Gasteiger partial charge in [-0.25, -0.2) is 15.0 Å². The number of likely N-dealkylation sites (tertiary alicyclic amines) is 1. The number of hydrogen-bond donors (Lipinski definition) is 0. The molecule has 2 aliphatic rings. The maximum absolute atomic E-state index is 13.0. The maximum Gasteiger partial charge on any atom is 0.316 e. The van der Waals surface area contributed by atoms with Crippen LogP contribution in [0.4, 0.5) is 0 Å². The van der Waals surface area contributed by atoms with Crippen LogP contribution in [0, 0.1) is 0 Å². The summed E-state index contributed by atoms with van der Waals surface area (Å²) < 4.78 is 11.8. The Morgan fingerprint density at radius 2 is 1.78 bits per heavy atom. The molecule has 1 atom stereocenters. The number of rotatable bonds is 5. The molecule has 0 spiro atoms. The number of carbonyl (C=O) groups excluding carboxylic acids is 1. The van der Waals surface area contributed by atoms with Gasteiger partial charge in [0.1, 0.15) is 17.8 Å². The fraction of sp³-hybridized carbons (Fsp3) is 0.474. The van der Waals surface area contributed by atoms with Crippen LogP contribution in [0.25, 0.3) is 0 Å². The van der Waals surface area contributed by atoms with E-state index in [1.807, 2.05) is 16.7 Å². The number of piperidine rings is 1. The standard InChI is InChI=1S/C19H22N4O3S/c24-18(16-3-1-7-20-17(16)25-15-6-12-27-13-15)23-10-4-14(5-11-23)26-19-21-8-2-9-22-19/h1-3,7-9,14-15H,4-6,10-13H2. The summed E-state index contributed by atoms with van der Waals surface area (Å²) in [5.74, 6) is 2.47. The summed E-state index contributed by atoms with van der Waals surface area (Å²) >= 11 is 1.87. The van der Waals surface area contributed by atoms with Gasteiger partial charge in [0.2, 0.25) is 5.88 Å². The molecule has 0 radical (unpaired) electrons. The minimum atomic E-state index is -0.0295. The van der Waals surface area contributed by atoms with Crippen molar-refractivity contribution in [2.24, 2.45) is 0 Å². The molecule has 0 aromatic carbocycles. The smallest absolute Gasteiger partial charge is 0.316 e. The first-order chi connectivity index (χ1) is 13.3. The van der Waals surface area contributed by atoms with Gasteiger partial charge in [0, 0.05) is 50.3 Å². The number of nitrogens with zero attached hydrogens (tertiary/aromatic N) is 4. The summed E-state index contributed by atoms with van der Waals surface area (Å²) in [5, 5.41) is 0. The summed E-state index contributed by atoms with van der Waals surface area (Å²) in [4.78, 5) is 27.3. The van der Waals surface area contributed by atoms with Crippen LogP contribution in [-0.4, -0.2) is 62.6 Å². The van der Waals surface area contributed by atoms with E-state index < -0.39 is 0 Å². The molecule has 2 aliphatic heterocycles. The highest BCUT2D eigenvalue weighted by atomic mass is 32.2. The van der Waals surface area contributed by atoms with Crippen LogP contribution in [-0.2, 0) is 0 Å². The maximum atomic E-state index is 13.0. The molecule has 2 aromatic heterocycles. The molecule has 8 heteroatoms. The normalized spacial score (nSPS) is 20.4. The zero-order valence-electron chi connectivity index (χ0n) is 15.0. The fourth-order valence-corrected chi connectivity index (χ4v) is 4.35. The molecule has 142 valence electrons. The third kappa shape index (κ3) is 4.50. The Balaban J connectivity index is 1.36. The van der Waals surface area contributed by atoms with Crippen molar-refractivity contribution in [3.63, 3.8) is 0 Å². The van der Waals surface area contributed by atoms with E-state index in [2.05, 4.69) is 15.0 Å². The van der Waals surface area contributed by atoms with Gasteiger partial charge < -0.3 is 14.4 Å². The predicted octanol–water partition coefficient (Wildman–Crippen LogP) is 2.44. The van der Waals surface area contributed by atoms with Crippen molar-refractivity contribution in [3.05, 3.63) is 42.4 Å². The van der Waals surface area contributed by atoms with Crippen LogP contribution in [0.1, 0.15) is 29.6 Å². The Kier molecular flexibility index (Phi) is 5.72. The first-order valence-electron chi connectivity index (χ1n) is 9.22. The largest absolute Gasteiger partial charge is 0.473 e. The summed E-state index contributed by atoms with van der Waals surface area (Å²) in [6, 6.07) is 5.73. The van der Waals surface area contributed by atoms with E-state index in [1.54, 1.807) is 36.8 Å². The van der Waals surface area contributed by atoms with E-state index >= 15 is 0 Å². The van der Waals surface area contributed by atoms with Gasteiger partial charge in [-0.1, -0.05) is 0 Å². The van der Waals surface area contributed by atoms with Crippen molar-refractivity contribution in [2.45, 2.75) is 31.5 Å². The molecule has 0 N–H and O–H groups in total. The second-order valence-corrected chi connectivity index (χ2v) is 7.75. The fourth-order valence-electron chi connectivity index (χ4n) is 3.25. The van der Waals surface area contributed by atoms with Crippen LogP contribution in [0.15, 0.2) is 36.8 Å². The van der Waals surface area contributed by atoms with Crippen molar-refractivity contribution in [1.29, 1.82) is 0 Å². The molecule has 2 fully saturated rings. The molecular weight excluding hydrogens is 364 g/mol. The molecule has 1 amide bonds. The number of carbonyl (C=O) groups is 1. The summed E-state index contributed by atoms with van der Waals surface area (Å²) in [5.41, 5.74) is 0.542. The molecular formula is C19H22N4O3S. The summed E-state index contributed by atoms with van der Waals surface area (Å²) in [6.07, 6.45) is 7.66. The van der Waals surface area contributed by atoms with Gasteiger partial charge in [0.15, 0.2) is 0 Å². The van der Waals surface area contributed by atoms with Crippen molar-refractivity contribution in [2.75, 3.05) is 24.6 Å². The Labute approximate surface area is 162 Å². The van der Waals surface area contributed by atoms with E-state index in [0.29, 0.717) is 30.5 Å². The molecule has 0 saturated carbocycles. The zero-order valence-corrected chi connectivity index (χ0v) is 15.8. The van der Waals surface area contributed by atoms with Crippen LogP contribution in [0.2, 0.25) is 0 Å². The lowest BCUT2D eigenvalue weighted by atomic mass is 10.1. The number of pyridine rings is 1. The quantitative estimate of drug-likeness (QED) is 0.781. The topological polar surface area (TPSA) is 77.4 Å².